The monoisotopic (exact) mass is 914 g/mol. The molecule has 3 rings (SSSR count). The van der Waals surface area contributed by atoms with Gasteiger partial charge in [0.2, 0.25) is 0 Å². The predicted octanol–water partition coefficient (Wildman–Crippen LogP) is -2.12. The minimum Gasteiger partial charge on any atom is -0.550 e. The van der Waals surface area contributed by atoms with Crippen LogP contribution in [0.2, 0.25) is 0 Å². The fourth-order valence-corrected chi connectivity index (χ4v) is 5.63. The highest BCUT2D eigenvalue weighted by molar-refractivity contribution is 5.74. The third-order valence-corrected chi connectivity index (χ3v) is 8.41. The van der Waals surface area contributed by atoms with E-state index in [1.54, 1.807) is 6.92 Å². The third kappa shape index (κ3) is 36.8. The number of nitrogens with zero attached hydrogens (tertiary/aromatic N) is 3. The van der Waals surface area contributed by atoms with Crippen LogP contribution >= 0.6 is 0 Å². The summed E-state index contributed by atoms with van der Waals surface area (Å²) in [4.78, 5) is 54.5. The molecule has 64 heavy (non-hydrogen) atoms. The molecule has 0 saturated carbocycles. The SMILES string of the molecule is CC(COC(CC(=O)[O-])C[N+](C)(C)C)OC(CC(=O)[O-])C[N+](C)(C)C.CC1CN1[C@@H](Cc1ccccc1)C(=O)O.NCC(=O)O.N[C@@H](Cc1ccccc1)C(=O)O.OCCOCCO. The molecule has 0 aliphatic carbocycles. The van der Waals surface area contributed by atoms with Crippen molar-refractivity contribution in [3.8, 4) is 0 Å². The Morgan fingerprint density at radius 3 is 1.50 bits per heavy atom. The molecule has 1 aliphatic heterocycles. The van der Waals surface area contributed by atoms with Gasteiger partial charge in [-0.15, -0.1) is 0 Å². The second-order valence-corrected chi connectivity index (χ2v) is 17.0. The number of rotatable bonds is 25. The van der Waals surface area contributed by atoms with Gasteiger partial charge in [0.25, 0.3) is 0 Å². The zero-order valence-corrected chi connectivity index (χ0v) is 38.7. The van der Waals surface area contributed by atoms with Gasteiger partial charge < -0.3 is 80.0 Å². The van der Waals surface area contributed by atoms with Gasteiger partial charge in [0.05, 0.1) is 88.0 Å². The lowest BCUT2D eigenvalue weighted by Crippen LogP contribution is -2.47. The number of nitrogens with two attached hydrogens (primary N) is 2. The van der Waals surface area contributed by atoms with Crippen LogP contribution in [0, 0.1) is 0 Å². The number of carbonyl (C=O) groups excluding carboxylic acids is 2. The van der Waals surface area contributed by atoms with Gasteiger partial charge in [0.1, 0.15) is 37.4 Å². The van der Waals surface area contributed by atoms with Crippen LogP contribution in [0.3, 0.4) is 0 Å². The van der Waals surface area contributed by atoms with Crippen molar-refractivity contribution < 1.29 is 82.9 Å². The summed E-state index contributed by atoms with van der Waals surface area (Å²) in [6, 6.07) is 18.4. The van der Waals surface area contributed by atoms with E-state index in [0.717, 1.165) is 17.7 Å². The van der Waals surface area contributed by atoms with E-state index in [0.29, 0.717) is 54.2 Å². The fourth-order valence-electron chi connectivity index (χ4n) is 5.63. The molecule has 5 unspecified atom stereocenters. The number of hydrogen-bond acceptors (Lipinski definition) is 15. The molecule has 1 saturated heterocycles. The van der Waals surface area contributed by atoms with Crippen LogP contribution in [-0.4, -0.2) is 207 Å². The summed E-state index contributed by atoms with van der Waals surface area (Å²) in [6.45, 7) is 6.37. The van der Waals surface area contributed by atoms with Gasteiger partial charge in [0, 0.05) is 37.4 Å². The molecule has 0 spiro atoms. The zero-order chi connectivity index (χ0) is 49.5. The fraction of sp³-hybridized carbons (Fsp3) is 0.614. The van der Waals surface area contributed by atoms with Gasteiger partial charge in [-0.1, -0.05) is 60.7 Å². The quantitative estimate of drug-likeness (QED) is 0.0318. The number of hydrogen-bond donors (Lipinski definition) is 7. The average Bonchev–Trinajstić information content (AvgIpc) is 3.91. The van der Waals surface area contributed by atoms with Crippen LogP contribution < -0.4 is 21.7 Å². The first-order chi connectivity index (χ1) is 29.7. The Balaban J connectivity index is 0. The van der Waals surface area contributed by atoms with Gasteiger partial charge in [0.15, 0.2) is 0 Å². The van der Waals surface area contributed by atoms with E-state index in [4.69, 9.17) is 40.7 Å². The number of likely N-dealkylation sites (N-methyl/N-ethyl adjacent to an activating group) is 2. The smallest absolute Gasteiger partial charge is 0.321 e. The highest BCUT2D eigenvalue weighted by atomic mass is 16.5. The molecule has 1 heterocycles. The number of ether oxygens (including phenoxy) is 3. The lowest BCUT2D eigenvalue weighted by Gasteiger charge is -2.32. The molecule has 2 aromatic carbocycles. The van der Waals surface area contributed by atoms with Gasteiger partial charge in [-0.2, -0.15) is 0 Å². The van der Waals surface area contributed by atoms with Crippen molar-refractivity contribution in [3.63, 3.8) is 0 Å². The van der Waals surface area contributed by atoms with Crippen molar-refractivity contribution in [1.82, 2.24) is 4.90 Å². The number of aliphatic carboxylic acids is 5. The second kappa shape index (κ2) is 33.8. The molecule has 0 bridgehead atoms. The summed E-state index contributed by atoms with van der Waals surface area (Å²) in [5, 5.41) is 63.2. The normalized spacial score (nSPS) is 16.4. The number of quaternary nitrogens is 2. The zero-order valence-electron chi connectivity index (χ0n) is 38.7. The van der Waals surface area contributed by atoms with E-state index in [1.807, 2.05) is 108 Å². The Morgan fingerprint density at radius 1 is 0.750 bits per heavy atom. The van der Waals surface area contributed by atoms with Crippen molar-refractivity contribution in [2.75, 3.05) is 101 Å². The first-order valence-electron chi connectivity index (χ1n) is 20.8. The minimum absolute atomic E-state index is 0.0278. The van der Waals surface area contributed by atoms with Gasteiger partial charge in [-0.05, 0) is 37.8 Å². The molecule has 2 aromatic rings. The molecule has 0 radical (unpaired) electrons. The highest BCUT2D eigenvalue weighted by Crippen LogP contribution is 2.23. The van der Waals surface area contributed by atoms with Crippen LogP contribution in [0.4, 0.5) is 0 Å². The molecule has 7 atom stereocenters. The maximum atomic E-state index is 11.1. The van der Waals surface area contributed by atoms with Crippen LogP contribution in [0.1, 0.15) is 37.8 Å². The summed E-state index contributed by atoms with van der Waals surface area (Å²) in [5.41, 5.74) is 12.0. The Morgan fingerprint density at radius 2 is 1.16 bits per heavy atom. The van der Waals surface area contributed by atoms with Crippen LogP contribution in [0.25, 0.3) is 0 Å². The average molecular weight is 914 g/mol. The topological polar surface area (TPSA) is 315 Å². The lowest BCUT2D eigenvalue weighted by molar-refractivity contribution is -0.874. The standard InChI is InChI=1S/C17H34N2O6.C12H15NO2.C9H11NO2.C4H10O3.C2H5NO2/c1-13(25-15(9-17(22)23)11-19(5,6)7)12-24-14(8-16(20)21)10-18(2,3)4;1-9-8-13(9)11(12(14)15)7-10-5-3-2-4-6-10;10-8(9(11)12)6-7-4-2-1-3-5-7;5-1-3-7-4-2-6;3-1-2(4)5/h13-15H,8-12H2,1-7H3;2-6,9,11H,7-8H2,1H3,(H,14,15);1-5,8H,6,10H2,(H,11,12);5-6H,1-4H2;1,3H2,(H,4,5)/t;9?,11-,13?;8-;;/m.00../s1. The molecular formula is C44H75N5O15. The van der Waals surface area contributed by atoms with E-state index in [1.165, 1.54) is 0 Å². The lowest BCUT2D eigenvalue weighted by atomic mass is 10.1. The molecule has 9 N–H and O–H groups in total. The van der Waals surface area contributed by atoms with Crippen molar-refractivity contribution in [2.45, 2.75) is 76.0 Å². The number of aliphatic hydroxyl groups excluding tert-OH is 2. The minimum atomic E-state index is -1.16. The summed E-state index contributed by atoms with van der Waals surface area (Å²) in [7, 11) is 11.7. The summed E-state index contributed by atoms with van der Waals surface area (Å²) < 4.78 is 17.2. The van der Waals surface area contributed by atoms with Crippen LogP contribution in [-0.2, 0) is 51.0 Å². The number of benzene rings is 2. The summed E-state index contributed by atoms with van der Waals surface area (Å²) in [5.74, 6) is -4.97. The molecule has 1 aliphatic rings. The highest BCUT2D eigenvalue weighted by Gasteiger charge is 2.39. The number of aliphatic hydroxyl groups is 2. The number of carboxylic acids is 5. The molecule has 1 fully saturated rings. The maximum Gasteiger partial charge on any atom is 0.321 e. The Labute approximate surface area is 377 Å². The summed E-state index contributed by atoms with van der Waals surface area (Å²) in [6.07, 6.45) is -0.759. The Bertz CT molecular complexity index is 1570. The number of carboxylic acid groups (broad SMARTS) is 5. The Hall–Kier alpha value is -4.61. The molecule has 366 valence electrons. The second-order valence-electron chi connectivity index (χ2n) is 17.0. The van der Waals surface area contributed by atoms with E-state index < -0.39 is 48.1 Å². The van der Waals surface area contributed by atoms with Crippen molar-refractivity contribution in [3.05, 3.63) is 71.8 Å². The van der Waals surface area contributed by atoms with Crippen molar-refractivity contribution in [2.24, 2.45) is 11.5 Å². The molecule has 0 amide bonds. The van der Waals surface area contributed by atoms with E-state index in [-0.39, 0.29) is 51.4 Å². The first-order valence-corrected chi connectivity index (χ1v) is 20.8. The van der Waals surface area contributed by atoms with Crippen molar-refractivity contribution in [1.29, 1.82) is 0 Å². The predicted molar refractivity (Wildman–Crippen MR) is 234 cm³/mol. The van der Waals surface area contributed by atoms with E-state index in [9.17, 15) is 34.2 Å². The molecule has 20 nitrogen and oxygen atoms in total. The van der Waals surface area contributed by atoms with Gasteiger partial charge in [-0.25, -0.2) is 0 Å². The van der Waals surface area contributed by atoms with Gasteiger partial charge in [-0.3, -0.25) is 19.3 Å². The summed E-state index contributed by atoms with van der Waals surface area (Å²) >= 11 is 0. The maximum absolute atomic E-state index is 11.1. The van der Waals surface area contributed by atoms with E-state index in [2.05, 4.69) is 17.4 Å². The largest absolute Gasteiger partial charge is 0.550 e. The first kappa shape index (κ1) is 61.5. The van der Waals surface area contributed by atoms with Crippen LogP contribution in [0.15, 0.2) is 60.7 Å². The van der Waals surface area contributed by atoms with E-state index >= 15 is 0 Å². The molecule has 0 aromatic heterocycles. The van der Waals surface area contributed by atoms with Crippen molar-refractivity contribution >= 4 is 29.8 Å². The van der Waals surface area contributed by atoms with Crippen LogP contribution in [0.5, 0.6) is 0 Å². The molecule has 20 heteroatoms. The number of carbonyl (C=O) groups is 5. The van der Waals surface area contributed by atoms with Gasteiger partial charge >= 0.3 is 17.9 Å². The third-order valence-electron chi connectivity index (χ3n) is 8.41. The Kier molecular flexibility index (Phi) is 32.5. The molecular weight excluding hydrogens is 839 g/mol.